The molecule has 1 amide bonds. The van der Waals surface area contributed by atoms with Crippen LogP contribution in [0.3, 0.4) is 0 Å². The quantitative estimate of drug-likeness (QED) is 0.330. The van der Waals surface area contributed by atoms with E-state index in [-0.39, 0.29) is 12.5 Å². The zero-order chi connectivity index (χ0) is 28.1. The van der Waals surface area contributed by atoms with E-state index in [2.05, 4.69) is 41.8 Å². The van der Waals surface area contributed by atoms with Crippen LogP contribution in [0.1, 0.15) is 82.3 Å². The van der Waals surface area contributed by atoms with E-state index < -0.39 is 24.2 Å². The third kappa shape index (κ3) is 7.27. The van der Waals surface area contributed by atoms with Crippen LogP contribution in [-0.4, -0.2) is 71.7 Å². The van der Waals surface area contributed by atoms with Crippen LogP contribution in [0.25, 0.3) is 0 Å². The molecule has 1 aromatic carbocycles. The molecule has 4 aliphatic rings. The molecule has 5 rings (SSSR count). The number of aliphatic hydroxyl groups excluding tert-OH is 2. The number of carbonyl (C=O) groups excluding carboxylic acids is 1. The Morgan fingerprint density at radius 1 is 1.07 bits per heavy atom. The molecule has 4 N–H and O–H groups in total. The number of nitrogens with one attached hydrogen (secondary N) is 2. The Morgan fingerprint density at radius 3 is 2.52 bits per heavy atom. The number of carbonyl (C=O) groups is 1. The van der Waals surface area contributed by atoms with Crippen LogP contribution in [0.2, 0.25) is 0 Å². The molecule has 0 aromatic heterocycles. The maximum atomic E-state index is 13.5. The van der Waals surface area contributed by atoms with Crippen molar-refractivity contribution in [2.24, 2.45) is 29.6 Å². The van der Waals surface area contributed by atoms with E-state index in [1.54, 1.807) is 6.92 Å². The first-order valence-corrected chi connectivity index (χ1v) is 16.2. The summed E-state index contributed by atoms with van der Waals surface area (Å²) < 4.78 is 0. The fraction of sp³-hybridized carbons (Fsp3) is 0.788. The van der Waals surface area contributed by atoms with Gasteiger partial charge in [0.15, 0.2) is 0 Å². The highest BCUT2D eigenvalue weighted by molar-refractivity contribution is 5.82. The Kier molecular flexibility index (Phi) is 10.6. The Morgan fingerprint density at radius 2 is 1.80 bits per heavy atom. The first kappa shape index (κ1) is 30.0. The predicted octanol–water partition coefficient (Wildman–Crippen LogP) is 3.99. The molecule has 2 aliphatic heterocycles. The van der Waals surface area contributed by atoms with Crippen LogP contribution in [0.15, 0.2) is 24.3 Å². The number of hydroxylamine groups is 2. The molecule has 2 saturated carbocycles. The van der Waals surface area contributed by atoms with Gasteiger partial charge in [-0.15, -0.1) is 0 Å². The second-order valence-corrected chi connectivity index (χ2v) is 13.4. The number of hydrogen-bond donors (Lipinski definition) is 4. The number of hydrogen-bond acceptors (Lipinski definition) is 6. The van der Waals surface area contributed by atoms with Gasteiger partial charge in [0.2, 0.25) is 5.91 Å². The minimum Gasteiger partial charge on any atom is -0.396 e. The Balaban J connectivity index is 1.12. The van der Waals surface area contributed by atoms with Gasteiger partial charge in [-0.3, -0.25) is 9.63 Å². The van der Waals surface area contributed by atoms with Crippen molar-refractivity contribution in [1.82, 2.24) is 15.7 Å². The van der Waals surface area contributed by atoms with E-state index in [1.807, 2.05) is 5.06 Å². The second-order valence-electron chi connectivity index (χ2n) is 13.4. The summed E-state index contributed by atoms with van der Waals surface area (Å²) in [6.45, 7) is 6.04. The van der Waals surface area contributed by atoms with Gasteiger partial charge in [-0.1, -0.05) is 55.5 Å². The number of rotatable bonds is 11. The van der Waals surface area contributed by atoms with E-state index in [4.69, 9.17) is 4.84 Å². The summed E-state index contributed by atoms with van der Waals surface area (Å²) >= 11 is 0. The molecule has 224 valence electrons. The largest absolute Gasteiger partial charge is 0.396 e. The summed E-state index contributed by atoms with van der Waals surface area (Å²) in [7, 11) is 0. The number of aliphatic hydroxyl groups is 2. The lowest BCUT2D eigenvalue weighted by Crippen LogP contribution is -2.49. The predicted molar refractivity (Wildman–Crippen MR) is 157 cm³/mol. The van der Waals surface area contributed by atoms with Crippen LogP contribution in [-0.2, 0) is 16.1 Å². The molecule has 7 nitrogen and oxygen atoms in total. The number of aryl methyl sites for hydroxylation is 2. The minimum absolute atomic E-state index is 0.0693. The van der Waals surface area contributed by atoms with Crippen LogP contribution in [0, 0.1) is 36.5 Å². The molecule has 2 heterocycles. The van der Waals surface area contributed by atoms with Gasteiger partial charge in [0.1, 0.15) is 12.1 Å². The van der Waals surface area contributed by atoms with Crippen molar-refractivity contribution in [2.45, 2.75) is 109 Å². The zero-order valence-electron chi connectivity index (χ0n) is 24.8. The van der Waals surface area contributed by atoms with Gasteiger partial charge >= 0.3 is 0 Å². The number of benzene rings is 1. The number of nitrogens with zero attached hydrogens (tertiary/aromatic N) is 1. The molecule has 4 fully saturated rings. The van der Waals surface area contributed by atoms with Crippen LogP contribution >= 0.6 is 0 Å². The molecule has 40 heavy (non-hydrogen) atoms. The summed E-state index contributed by atoms with van der Waals surface area (Å²) in [6.07, 6.45) is 12.0. The second kappa shape index (κ2) is 14.1. The van der Waals surface area contributed by atoms with E-state index in [1.165, 1.54) is 56.1 Å². The highest BCUT2D eigenvalue weighted by Crippen LogP contribution is 2.37. The van der Waals surface area contributed by atoms with Gasteiger partial charge in [0.25, 0.3) is 0 Å². The topological polar surface area (TPSA) is 94.1 Å². The fourth-order valence-electron chi connectivity index (χ4n) is 8.14. The average Bonchev–Trinajstić information content (AvgIpc) is 3.55. The molecule has 1 aromatic rings. The molecule has 2 saturated heterocycles. The van der Waals surface area contributed by atoms with E-state index >= 15 is 0 Å². The Hall–Kier alpha value is -1.51. The van der Waals surface area contributed by atoms with Crippen molar-refractivity contribution in [3.63, 3.8) is 0 Å². The van der Waals surface area contributed by atoms with Crippen molar-refractivity contribution in [1.29, 1.82) is 0 Å². The van der Waals surface area contributed by atoms with Crippen molar-refractivity contribution in [3.8, 4) is 0 Å². The molecular weight excluding hydrogens is 502 g/mol. The summed E-state index contributed by atoms with van der Waals surface area (Å²) in [5.41, 5.74) is 2.74. The van der Waals surface area contributed by atoms with Gasteiger partial charge in [0, 0.05) is 25.0 Å². The van der Waals surface area contributed by atoms with E-state index in [0.29, 0.717) is 31.0 Å². The monoisotopic (exact) mass is 555 g/mol. The maximum Gasteiger partial charge on any atom is 0.240 e. The van der Waals surface area contributed by atoms with Crippen LogP contribution in [0.5, 0.6) is 0 Å². The minimum atomic E-state index is -0.747. The standard InChI is InChI=1S/C33H53N3O4/c1-22-7-9-24(10-8-22)11-12-25-13-15-26(16-14-25)20-36-31(29(21-37)32(40-36)23(2)38)33(39)34-18-17-27-19-35-30-6-4-3-5-28(27)30/h7-10,23,25-32,35,37-38H,3-6,11-21H2,1-2H3,(H,34,39)/t23-,25?,26?,27?,28?,29-,30?,31-,32-/m0/s1. The SMILES string of the molecule is Cc1ccc(CCC2CCC(CN3O[C@@H]([C@H](C)O)[C@@H](CO)[C@H]3C(=O)NCCC3CNC4CCCCC34)CC2)cc1. The molecule has 0 radical (unpaired) electrons. The smallest absolute Gasteiger partial charge is 0.240 e. The summed E-state index contributed by atoms with van der Waals surface area (Å²) in [5.74, 6) is 2.09. The molecule has 3 unspecified atom stereocenters. The molecule has 2 aliphatic carbocycles. The number of amides is 1. The van der Waals surface area contributed by atoms with Gasteiger partial charge < -0.3 is 20.8 Å². The number of fused-ring (bicyclic) bond motifs is 1. The lowest BCUT2D eigenvalue weighted by molar-refractivity contribution is -0.193. The van der Waals surface area contributed by atoms with Gasteiger partial charge in [-0.25, -0.2) is 0 Å². The molecule has 0 spiro atoms. The molecule has 7 heteroatoms. The highest BCUT2D eigenvalue weighted by Gasteiger charge is 2.49. The maximum absolute atomic E-state index is 13.5. The van der Waals surface area contributed by atoms with Crippen LogP contribution in [0.4, 0.5) is 0 Å². The molecule has 0 bridgehead atoms. The Labute approximate surface area is 241 Å². The molecule has 7 atom stereocenters. The zero-order valence-corrected chi connectivity index (χ0v) is 24.8. The van der Waals surface area contributed by atoms with Gasteiger partial charge in [-0.2, -0.15) is 5.06 Å². The lowest BCUT2D eigenvalue weighted by atomic mass is 9.79. The summed E-state index contributed by atoms with van der Waals surface area (Å²) in [4.78, 5) is 19.8. The summed E-state index contributed by atoms with van der Waals surface area (Å²) in [6, 6.07) is 9.01. The normalized spacial score (nSPS) is 35.4. The van der Waals surface area contributed by atoms with E-state index in [0.717, 1.165) is 44.1 Å². The molecular formula is C33H53N3O4. The average molecular weight is 556 g/mol. The third-order valence-electron chi connectivity index (χ3n) is 10.6. The van der Waals surface area contributed by atoms with Crippen molar-refractivity contribution in [2.75, 3.05) is 26.2 Å². The first-order valence-electron chi connectivity index (χ1n) is 16.2. The van der Waals surface area contributed by atoms with Crippen molar-refractivity contribution >= 4 is 5.91 Å². The first-order chi connectivity index (χ1) is 19.4. The van der Waals surface area contributed by atoms with E-state index in [9.17, 15) is 15.0 Å². The Bertz CT molecular complexity index is 932. The van der Waals surface area contributed by atoms with Crippen molar-refractivity contribution in [3.05, 3.63) is 35.4 Å². The van der Waals surface area contributed by atoms with Crippen LogP contribution < -0.4 is 10.6 Å². The highest BCUT2D eigenvalue weighted by atomic mass is 16.7. The third-order valence-corrected chi connectivity index (χ3v) is 10.6. The fourth-order valence-corrected chi connectivity index (χ4v) is 8.14. The van der Waals surface area contributed by atoms with Gasteiger partial charge in [0.05, 0.1) is 12.7 Å². The summed E-state index contributed by atoms with van der Waals surface area (Å²) in [5, 5.41) is 29.4. The lowest BCUT2D eigenvalue weighted by Gasteiger charge is -2.33. The van der Waals surface area contributed by atoms with Crippen molar-refractivity contribution < 1.29 is 19.8 Å². The van der Waals surface area contributed by atoms with Gasteiger partial charge in [-0.05, 0) is 94.6 Å².